The maximum absolute atomic E-state index is 3.56. The van der Waals surface area contributed by atoms with Gasteiger partial charge in [0.25, 0.3) is 0 Å². The van der Waals surface area contributed by atoms with Crippen LogP contribution in [-0.4, -0.2) is 38.1 Å². The zero-order valence-corrected chi connectivity index (χ0v) is 9.79. The zero-order chi connectivity index (χ0) is 10.4. The Morgan fingerprint density at radius 1 is 1.43 bits per heavy atom. The molecular formula is C12H24N2. The molecule has 0 radical (unpaired) electrons. The summed E-state index contributed by atoms with van der Waals surface area (Å²) in [5.41, 5.74) is 0. The number of rotatable bonds is 5. The van der Waals surface area contributed by atoms with Gasteiger partial charge in [-0.05, 0) is 52.7 Å². The molecule has 0 aromatic heterocycles. The Kier molecular flexibility index (Phi) is 5.20. The smallest absolute Gasteiger partial charge is 0.0186 e. The van der Waals surface area contributed by atoms with Gasteiger partial charge in [0.1, 0.15) is 0 Å². The average Bonchev–Trinajstić information content (AvgIpc) is 2.19. The van der Waals surface area contributed by atoms with Gasteiger partial charge in [-0.2, -0.15) is 0 Å². The third kappa shape index (κ3) is 4.25. The summed E-state index contributed by atoms with van der Waals surface area (Å²) in [5.74, 6) is 0.870. The van der Waals surface area contributed by atoms with E-state index in [-0.39, 0.29) is 0 Å². The summed E-state index contributed by atoms with van der Waals surface area (Å²) in [6.45, 7) is 4.55. The van der Waals surface area contributed by atoms with Crippen LogP contribution >= 0.6 is 0 Å². The molecular weight excluding hydrogens is 172 g/mol. The number of allylic oxidation sites excluding steroid dienone is 2. The molecule has 1 rings (SSSR count). The predicted octanol–water partition coefficient (Wildman–Crippen LogP) is 1.88. The highest BCUT2D eigenvalue weighted by Gasteiger charge is 2.10. The topological polar surface area (TPSA) is 15.3 Å². The quantitative estimate of drug-likeness (QED) is 0.675. The average molecular weight is 196 g/mol. The lowest BCUT2D eigenvalue weighted by Gasteiger charge is -2.23. The Morgan fingerprint density at radius 2 is 2.21 bits per heavy atom. The molecule has 1 aliphatic carbocycles. The van der Waals surface area contributed by atoms with Crippen LogP contribution in [0.15, 0.2) is 12.2 Å². The first-order valence-corrected chi connectivity index (χ1v) is 5.72. The second-order valence-corrected chi connectivity index (χ2v) is 4.62. The number of hydrogen-bond donors (Lipinski definition) is 1. The Hall–Kier alpha value is -0.340. The minimum atomic E-state index is 0.633. The molecule has 2 atom stereocenters. The lowest BCUT2D eigenvalue weighted by Crippen LogP contribution is -2.37. The summed E-state index contributed by atoms with van der Waals surface area (Å²) in [5, 5.41) is 3.56. The van der Waals surface area contributed by atoms with Gasteiger partial charge in [0.15, 0.2) is 0 Å². The maximum Gasteiger partial charge on any atom is 0.0186 e. The van der Waals surface area contributed by atoms with Gasteiger partial charge in [0.05, 0.1) is 0 Å². The second-order valence-electron chi connectivity index (χ2n) is 4.62. The normalized spacial score (nSPS) is 24.1. The summed E-state index contributed by atoms with van der Waals surface area (Å²) in [6, 6.07) is 0.633. The third-order valence-electron chi connectivity index (χ3n) is 3.13. The van der Waals surface area contributed by atoms with Gasteiger partial charge >= 0.3 is 0 Å². The SMILES string of the molecule is CC(CNCC1CC=CCC1)N(C)C. The van der Waals surface area contributed by atoms with Crippen LogP contribution in [0.4, 0.5) is 0 Å². The largest absolute Gasteiger partial charge is 0.315 e. The molecule has 0 bridgehead atoms. The van der Waals surface area contributed by atoms with Gasteiger partial charge in [-0.15, -0.1) is 0 Å². The van der Waals surface area contributed by atoms with Crippen molar-refractivity contribution in [1.29, 1.82) is 0 Å². The number of nitrogens with one attached hydrogen (secondary N) is 1. The summed E-state index contributed by atoms with van der Waals surface area (Å²) < 4.78 is 0. The van der Waals surface area contributed by atoms with Gasteiger partial charge in [-0.3, -0.25) is 0 Å². The number of nitrogens with zero attached hydrogens (tertiary/aromatic N) is 1. The monoisotopic (exact) mass is 196 g/mol. The molecule has 1 N–H and O–H groups in total. The minimum absolute atomic E-state index is 0.633. The molecule has 82 valence electrons. The van der Waals surface area contributed by atoms with Crippen LogP contribution in [0.1, 0.15) is 26.2 Å². The Morgan fingerprint density at radius 3 is 2.79 bits per heavy atom. The van der Waals surface area contributed by atoms with Crippen molar-refractivity contribution in [2.24, 2.45) is 5.92 Å². The van der Waals surface area contributed by atoms with Crippen LogP contribution < -0.4 is 5.32 Å². The molecule has 0 aromatic rings. The number of hydrogen-bond acceptors (Lipinski definition) is 2. The zero-order valence-electron chi connectivity index (χ0n) is 9.79. The first-order chi connectivity index (χ1) is 6.70. The molecule has 0 aliphatic heterocycles. The van der Waals surface area contributed by atoms with Crippen LogP contribution in [0.3, 0.4) is 0 Å². The van der Waals surface area contributed by atoms with E-state index in [0.717, 1.165) is 12.5 Å². The van der Waals surface area contributed by atoms with Crippen LogP contribution in [-0.2, 0) is 0 Å². The van der Waals surface area contributed by atoms with Crippen molar-refractivity contribution in [2.45, 2.75) is 32.2 Å². The molecule has 0 saturated heterocycles. The van der Waals surface area contributed by atoms with Gasteiger partial charge in [-0.25, -0.2) is 0 Å². The Bertz CT molecular complexity index is 175. The van der Waals surface area contributed by atoms with Crippen molar-refractivity contribution in [3.05, 3.63) is 12.2 Å². The molecule has 14 heavy (non-hydrogen) atoms. The van der Waals surface area contributed by atoms with E-state index in [4.69, 9.17) is 0 Å². The van der Waals surface area contributed by atoms with Crippen molar-refractivity contribution < 1.29 is 0 Å². The van der Waals surface area contributed by atoms with Crippen molar-refractivity contribution in [1.82, 2.24) is 10.2 Å². The van der Waals surface area contributed by atoms with E-state index < -0.39 is 0 Å². The lowest BCUT2D eigenvalue weighted by atomic mass is 9.94. The molecule has 2 heteroatoms. The van der Waals surface area contributed by atoms with Crippen LogP contribution in [0.5, 0.6) is 0 Å². The molecule has 2 unspecified atom stereocenters. The standard InChI is InChI=1S/C12H24N2/c1-11(14(2)3)9-13-10-12-7-5-4-6-8-12/h4-5,11-13H,6-10H2,1-3H3. The van der Waals surface area contributed by atoms with Crippen LogP contribution in [0, 0.1) is 5.92 Å². The van der Waals surface area contributed by atoms with Crippen molar-refractivity contribution in [3.63, 3.8) is 0 Å². The van der Waals surface area contributed by atoms with Crippen molar-refractivity contribution in [3.8, 4) is 0 Å². The van der Waals surface area contributed by atoms with Crippen LogP contribution in [0.25, 0.3) is 0 Å². The summed E-state index contributed by atoms with van der Waals surface area (Å²) in [4.78, 5) is 2.26. The van der Waals surface area contributed by atoms with E-state index in [2.05, 4.69) is 43.4 Å². The molecule has 0 fully saturated rings. The highest BCUT2D eigenvalue weighted by molar-refractivity contribution is 4.90. The first-order valence-electron chi connectivity index (χ1n) is 5.72. The molecule has 0 heterocycles. The van der Waals surface area contributed by atoms with E-state index in [0.29, 0.717) is 6.04 Å². The van der Waals surface area contributed by atoms with Crippen molar-refractivity contribution in [2.75, 3.05) is 27.2 Å². The lowest BCUT2D eigenvalue weighted by molar-refractivity contribution is 0.295. The van der Waals surface area contributed by atoms with E-state index in [1.165, 1.54) is 25.8 Å². The van der Waals surface area contributed by atoms with Gasteiger partial charge in [0.2, 0.25) is 0 Å². The number of likely N-dealkylation sites (N-methyl/N-ethyl adjacent to an activating group) is 1. The summed E-state index contributed by atoms with van der Waals surface area (Å²) in [7, 11) is 4.27. The van der Waals surface area contributed by atoms with E-state index in [9.17, 15) is 0 Å². The highest BCUT2D eigenvalue weighted by atomic mass is 15.1. The first kappa shape index (κ1) is 11.7. The molecule has 2 nitrogen and oxygen atoms in total. The second kappa shape index (κ2) is 6.20. The third-order valence-corrected chi connectivity index (χ3v) is 3.13. The fraction of sp³-hybridized carbons (Fsp3) is 0.833. The van der Waals surface area contributed by atoms with E-state index >= 15 is 0 Å². The summed E-state index contributed by atoms with van der Waals surface area (Å²) >= 11 is 0. The van der Waals surface area contributed by atoms with Gasteiger partial charge < -0.3 is 10.2 Å². The molecule has 0 spiro atoms. The molecule has 0 amide bonds. The minimum Gasteiger partial charge on any atom is -0.315 e. The Balaban J connectivity index is 2.06. The molecule has 0 saturated carbocycles. The predicted molar refractivity (Wildman–Crippen MR) is 62.5 cm³/mol. The van der Waals surface area contributed by atoms with Gasteiger partial charge in [0, 0.05) is 12.6 Å². The fourth-order valence-corrected chi connectivity index (χ4v) is 1.72. The molecule has 1 aliphatic rings. The summed E-state index contributed by atoms with van der Waals surface area (Å²) in [6.07, 6.45) is 8.53. The fourth-order valence-electron chi connectivity index (χ4n) is 1.72. The van der Waals surface area contributed by atoms with E-state index in [1.807, 2.05) is 0 Å². The van der Waals surface area contributed by atoms with Crippen molar-refractivity contribution >= 4 is 0 Å². The van der Waals surface area contributed by atoms with Crippen LogP contribution in [0.2, 0.25) is 0 Å². The molecule has 0 aromatic carbocycles. The van der Waals surface area contributed by atoms with Gasteiger partial charge in [-0.1, -0.05) is 12.2 Å². The van der Waals surface area contributed by atoms with E-state index in [1.54, 1.807) is 0 Å². The maximum atomic E-state index is 3.56. The highest BCUT2D eigenvalue weighted by Crippen LogP contribution is 2.16. The Labute approximate surface area is 88.4 Å².